The first-order valence-electron chi connectivity index (χ1n) is 3.80. The van der Waals surface area contributed by atoms with Gasteiger partial charge < -0.3 is 19.4 Å². The minimum absolute atomic E-state index is 0.367. The van der Waals surface area contributed by atoms with Crippen LogP contribution in [0.1, 0.15) is 5.56 Å². The van der Waals surface area contributed by atoms with Gasteiger partial charge >= 0.3 is 7.32 Å². The Hall–Kier alpha value is -1.20. The van der Waals surface area contributed by atoms with Gasteiger partial charge in [0, 0.05) is 6.07 Å². The second-order valence-corrected chi connectivity index (χ2v) is 2.63. The lowest BCUT2D eigenvalue weighted by molar-refractivity contribution is 0.287. The molecule has 5 heteroatoms. The number of aryl methyl sites for hydroxylation is 1. The number of methoxy groups -OCH3 is 1. The van der Waals surface area contributed by atoms with Gasteiger partial charge in [-0.1, -0.05) is 0 Å². The van der Waals surface area contributed by atoms with Crippen molar-refractivity contribution in [3.8, 4) is 11.5 Å². The van der Waals surface area contributed by atoms with E-state index in [1.807, 2.05) is 13.0 Å². The molecule has 0 fully saturated rings. The summed E-state index contributed by atoms with van der Waals surface area (Å²) >= 11 is 0. The number of rotatable bonds is 3. The number of benzene rings is 1. The highest BCUT2D eigenvalue weighted by molar-refractivity contribution is 6.33. The summed E-state index contributed by atoms with van der Waals surface area (Å²) in [5, 5.41) is 17.1. The quantitative estimate of drug-likeness (QED) is 0.662. The van der Waals surface area contributed by atoms with E-state index in [0.29, 0.717) is 11.5 Å². The fourth-order valence-corrected chi connectivity index (χ4v) is 1.02. The predicted molar refractivity (Wildman–Crippen MR) is 48.6 cm³/mol. The van der Waals surface area contributed by atoms with Crippen molar-refractivity contribution in [3.63, 3.8) is 0 Å². The summed E-state index contributed by atoms with van der Waals surface area (Å²) in [6.45, 7) is 1.86. The predicted octanol–water partition coefficient (Wildman–Crippen LogP) is 0.352. The molecule has 0 spiro atoms. The fourth-order valence-electron chi connectivity index (χ4n) is 1.02. The van der Waals surface area contributed by atoms with E-state index in [-0.39, 0.29) is 0 Å². The number of hydrogen-bond acceptors (Lipinski definition) is 4. The van der Waals surface area contributed by atoms with Crippen molar-refractivity contribution in [3.05, 3.63) is 23.8 Å². The van der Waals surface area contributed by atoms with Crippen molar-refractivity contribution in [2.75, 3.05) is 7.11 Å². The van der Waals surface area contributed by atoms with Crippen LogP contribution in [0, 0.1) is 6.92 Å². The van der Waals surface area contributed by atoms with Gasteiger partial charge in [-0.3, -0.25) is 0 Å². The second-order valence-electron chi connectivity index (χ2n) is 2.63. The van der Waals surface area contributed by atoms with Gasteiger partial charge in [0.15, 0.2) is 0 Å². The molecule has 0 atom stereocenters. The van der Waals surface area contributed by atoms with Gasteiger partial charge in [-0.25, -0.2) is 0 Å². The van der Waals surface area contributed by atoms with E-state index in [1.54, 1.807) is 12.1 Å². The van der Waals surface area contributed by atoms with Crippen LogP contribution in [0.3, 0.4) is 0 Å². The molecule has 0 radical (unpaired) electrons. The minimum atomic E-state index is -1.80. The summed E-state index contributed by atoms with van der Waals surface area (Å²) in [6.07, 6.45) is 0. The lowest BCUT2D eigenvalue weighted by Crippen LogP contribution is -2.20. The molecule has 0 heterocycles. The molecule has 70 valence electrons. The summed E-state index contributed by atoms with van der Waals surface area (Å²) in [5.41, 5.74) is 0.926. The highest BCUT2D eigenvalue weighted by Gasteiger charge is 2.11. The third-order valence-corrected chi connectivity index (χ3v) is 1.50. The van der Waals surface area contributed by atoms with E-state index < -0.39 is 7.32 Å². The van der Waals surface area contributed by atoms with Gasteiger partial charge in [-0.15, -0.1) is 0 Å². The van der Waals surface area contributed by atoms with E-state index in [0.717, 1.165) is 5.56 Å². The molecule has 0 aromatic heterocycles. The Bertz CT molecular complexity index is 287. The van der Waals surface area contributed by atoms with Crippen molar-refractivity contribution < 1.29 is 19.4 Å². The Morgan fingerprint density at radius 1 is 1.15 bits per heavy atom. The van der Waals surface area contributed by atoms with E-state index in [4.69, 9.17) is 14.8 Å². The first-order valence-corrected chi connectivity index (χ1v) is 3.80. The first kappa shape index (κ1) is 9.89. The van der Waals surface area contributed by atoms with E-state index in [9.17, 15) is 0 Å². The van der Waals surface area contributed by atoms with Crippen LogP contribution < -0.4 is 9.39 Å². The van der Waals surface area contributed by atoms with Crippen molar-refractivity contribution in [1.82, 2.24) is 0 Å². The van der Waals surface area contributed by atoms with Gasteiger partial charge in [0.05, 0.1) is 7.11 Å². The summed E-state index contributed by atoms with van der Waals surface area (Å²) in [5.74, 6) is 0.988. The number of ether oxygens (including phenoxy) is 1. The van der Waals surface area contributed by atoms with Crippen LogP contribution in [0.2, 0.25) is 0 Å². The zero-order valence-electron chi connectivity index (χ0n) is 7.52. The van der Waals surface area contributed by atoms with Crippen LogP contribution >= 0.6 is 0 Å². The zero-order valence-corrected chi connectivity index (χ0v) is 7.52. The zero-order chi connectivity index (χ0) is 9.84. The van der Waals surface area contributed by atoms with Gasteiger partial charge in [0.25, 0.3) is 0 Å². The van der Waals surface area contributed by atoms with Crippen LogP contribution in [-0.4, -0.2) is 24.5 Å². The number of hydrogen-bond donors (Lipinski definition) is 2. The Morgan fingerprint density at radius 2 is 1.77 bits per heavy atom. The monoisotopic (exact) mass is 182 g/mol. The maximum Gasteiger partial charge on any atom is 0.707 e. The average molecular weight is 182 g/mol. The average Bonchev–Trinajstić information content (AvgIpc) is 2.01. The highest BCUT2D eigenvalue weighted by Crippen LogP contribution is 2.22. The molecular weight excluding hydrogens is 171 g/mol. The molecule has 4 nitrogen and oxygen atoms in total. The largest absolute Gasteiger partial charge is 0.707 e. The maximum atomic E-state index is 8.55. The Morgan fingerprint density at radius 3 is 2.31 bits per heavy atom. The normalized spacial score (nSPS) is 9.54. The SMILES string of the molecule is COc1cc(C)cc(OB(O)O)c1. The standard InChI is InChI=1S/C8H11BO4/c1-6-3-7(12-2)5-8(4-6)13-9(10)11/h3-5,10-11H,1-2H3. The van der Waals surface area contributed by atoms with Crippen molar-refractivity contribution in [2.45, 2.75) is 6.92 Å². The van der Waals surface area contributed by atoms with E-state index in [1.165, 1.54) is 7.11 Å². The Balaban J connectivity index is 2.88. The molecule has 0 amide bonds. The summed E-state index contributed by atoms with van der Waals surface area (Å²) in [4.78, 5) is 0. The van der Waals surface area contributed by atoms with Crippen LogP contribution in [0.15, 0.2) is 18.2 Å². The van der Waals surface area contributed by atoms with E-state index >= 15 is 0 Å². The molecule has 0 aliphatic rings. The molecule has 1 rings (SSSR count). The van der Waals surface area contributed by atoms with Gasteiger partial charge in [0.1, 0.15) is 11.5 Å². The molecule has 0 saturated carbocycles. The lowest BCUT2D eigenvalue weighted by atomic mass is 10.2. The first-order chi connectivity index (χ1) is 6.11. The second kappa shape index (κ2) is 4.16. The van der Waals surface area contributed by atoms with Crippen molar-refractivity contribution >= 4 is 7.32 Å². The van der Waals surface area contributed by atoms with Crippen LogP contribution in [0.4, 0.5) is 0 Å². The maximum absolute atomic E-state index is 8.55. The molecule has 0 aliphatic heterocycles. The van der Waals surface area contributed by atoms with Gasteiger partial charge in [-0.2, -0.15) is 0 Å². The molecule has 0 unspecified atom stereocenters. The lowest BCUT2D eigenvalue weighted by Gasteiger charge is -2.07. The van der Waals surface area contributed by atoms with Crippen LogP contribution in [0.5, 0.6) is 11.5 Å². The van der Waals surface area contributed by atoms with Crippen LogP contribution in [0.25, 0.3) is 0 Å². The summed E-state index contributed by atoms with van der Waals surface area (Å²) in [6, 6.07) is 5.07. The smallest absolute Gasteiger partial charge is 0.512 e. The molecular formula is C8H11BO4. The molecule has 2 N–H and O–H groups in total. The molecule has 1 aromatic carbocycles. The highest BCUT2D eigenvalue weighted by atomic mass is 16.6. The van der Waals surface area contributed by atoms with Crippen molar-refractivity contribution in [2.24, 2.45) is 0 Å². The molecule has 1 aromatic rings. The Kier molecular flexibility index (Phi) is 3.16. The Labute approximate surface area is 76.9 Å². The molecule has 13 heavy (non-hydrogen) atoms. The van der Waals surface area contributed by atoms with E-state index in [2.05, 4.69) is 4.65 Å². The minimum Gasteiger partial charge on any atom is -0.512 e. The summed E-state index contributed by atoms with van der Waals surface area (Å²) < 4.78 is 9.64. The topological polar surface area (TPSA) is 58.9 Å². The third-order valence-electron chi connectivity index (χ3n) is 1.50. The fraction of sp³-hybridized carbons (Fsp3) is 0.250. The van der Waals surface area contributed by atoms with Gasteiger partial charge in [-0.05, 0) is 24.6 Å². The molecule has 0 saturated heterocycles. The molecule has 0 bridgehead atoms. The summed E-state index contributed by atoms with van der Waals surface area (Å²) in [7, 11) is -0.264. The molecule has 0 aliphatic carbocycles. The third kappa shape index (κ3) is 2.97. The van der Waals surface area contributed by atoms with Crippen molar-refractivity contribution in [1.29, 1.82) is 0 Å². The van der Waals surface area contributed by atoms with Gasteiger partial charge in [0.2, 0.25) is 0 Å². The van der Waals surface area contributed by atoms with Crippen LogP contribution in [-0.2, 0) is 0 Å².